The van der Waals surface area contributed by atoms with Crippen molar-refractivity contribution in [2.24, 2.45) is 5.92 Å². The molecule has 0 aromatic heterocycles. The maximum atomic E-state index is 6.01. The van der Waals surface area contributed by atoms with Gasteiger partial charge in [0.15, 0.2) is 3.79 Å². The Kier molecular flexibility index (Phi) is 3.64. The van der Waals surface area contributed by atoms with Crippen molar-refractivity contribution in [1.82, 2.24) is 0 Å². The van der Waals surface area contributed by atoms with Gasteiger partial charge in [-0.1, -0.05) is 47.6 Å². The van der Waals surface area contributed by atoms with Crippen molar-refractivity contribution in [3.05, 3.63) is 0 Å². The highest BCUT2D eigenvalue weighted by molar-refractivity contribution is 6.67. The van der Waals surface area contributed by atoms with Crippen LogP contribution in [0.3, 0.4) is 0 Å². The first-order valence-corrected chi connectivity index (χ1v) is 5.29. The van der Waals surface area contributed by atoms with E-state index < -0.39 is 3.79 Å². The molecule has 0 heterocycles. The van der Waals surface area contributed by atoms with Gasteiger partial charge in [-0.2, -0.15) is 0 Å². The smallest absolute Gasteiger partial charge is 0.123 e. The highest BCUT2D eigenvalue weighted by Crippen LogP contribution is 2.44. The molecule has 0 aromatic rings. The number of rotatable bonds is 0. The van der Waals surface area contributed by atoms with Gasteiger partial charge in [-0.05, 0) is 12.8 Å². The van der Waals surface area contributed by atoms with Crippen LogP contribution in [0.25, 0.3) is 0 Å². The first kappa shape index (κ1) is 10.2. The van der Waals surface area contributed by atoms with Gasteiger partial charge in [-0.25, -0.2) is 0 Å². The Hall–Kier alpha value is 1.16. The van der Waals surface area contributed by atoms with Crippen LogP contribution < -0.4 is 0 Å². The van der Waals surface area contributed by atoms with Crippen LogP contribution in [0.4, 0.5) is 0 Å². The van der Waals surface area contributed by atoms with Crippen molar-refractivity contribution in [1.29, 1.82) is 0 Å². The zero-order valence-corrected chi connectivity index (χ0v) is 9.02. The summed E-state index contributed by atoms with van der Waals surface area (Å²) in [6.45, 7) is 0. The summed E-state index contributed by atoms with van der Waals surface area (Å²) >= 11 is 23.3. The van der Waals surface area contributed by atoms with Gasteiger partial charge in [0.25, 0.3) is 0 Å². The predicted octanol–water partition coefficient (Wildman–Crippen LogP) is 4.15. The van der Waals surface area contributed by atoms with Crippen molar-refractivity contribution in [2.45, 2.75) is 34.9 Å². The molecule has 0 N–H and O–H groups in total. The summed E-state index contributed by atoms with van der Waals surface area (Å²) in [4.78, 5) is 0. The molecule has 1 aliphatic carbocycles. The molecule has 0 aliphatic heterocycles. The molecule has 0 radical (unpaired) electrons. The molecule has 0 bridgehead atoms. The molecule has 4 heteroatoms. The maximum Gasteiger partial charge on any atom is 0.194 e. The van der Waals surface area contributed by atoms with Crippen LogP contribution in [0.15, 0.2) is 0 Å². The molecule has 1 saturated carbocycles. The van der Waals surface area contributed by atoms with E-state index in [1.807, 2.05) is 0 Å². The van der Waals surface area contributed by atoms with Crippen molar-refractivity contribution in [2.75, 3.05) is 0 Å². The highest BCUT2D eigenvalue weighted by atomic mass is 35.6. The molecule has 0 spiro atoms. The molecule has 0 aromatic carbocycles. The zero-order valence-electron chi connectivity index (χ0n) is 5.99. The van der Waals surface area contributed by atoms with Gasteiger partial charge in [0.2, 0.25) is 0 Å². The van der Waals surface area contributed by atoms with E-state index in [4.69, 9.17) is 46.4 Å². The number of hydrogen-bond acceptors (Lipinski definition) is 0. The minimum Gasteiger partial charge on any atom is -0.123 e. The molecule has 0 amide bonds. The van der Waals surface area contributed by atoms with Crippen LogP contribution in [-0.2, 0) is 0 Å². The Bertz CT molecular complexity index is 129. The third-order valence-electron chi connectivity index (χ3n) is 2.10. The van der Waals surface area contributed by atoms with Crippen molar-refractivity contribution < 1.29 is 0 Å². The summed E-state index contributed by atoms with van der Waals surface area (Å²) in [5, 5.41) is 0.0382. The standard InChI is InChI=1S/C7H10Cl4/c8-6-4-2-1-3-5(6)7(9,10)11/h5-6H,1-4H2. The topological polar surface area (TPSA) is 0 Å². The van der Waals surface area contributed by atoms with Crippen LogP contribution in [0.1, 0.15) is 25.7 Å². The van der Waals surface area contributed by atoms with Gasteiger partial charge in [-0.3, -0.25) is 0 Å². The molecular formula is C7H10Cl4. The van der Waals surface area contributed by atoms with Gasteiger partial charge in [0, 0.05) is 11.3 Å². The Morgan fingerprint density at radius 2 is 1.55 bits per heavy atom. The van der Waals surface area contributed by atoms with Crippen molar-refractivity contribution in [3.8, 4) is 0 Å². The summed E-state index contributed by atoms with van der Waals surface area (Å²) < 4.78 is -1.17. The number of hydrogen-bond donors (Lipinski definition) is 0. The second-order valence-corrected chi connectivity index (χ2v) is 5.88. The first-order valence-electron chi connectivity index (χ1n) is 3.72. The molecule has 2 unspecified atom stereocenters. The highest BCUT2D eigenvalue weighted by Gasteiger charge is 2.38. The SMILES string of the molecule is ClC1CCCCC1C(Cl)(Cl)Cl. The van der Waals surface area contributed by atoms with Gasteiger partial charge in [0.1, 0.15) is 0 Å². The first-order chi connectivity index (χ1) is 5.02. The van der Waals surface area contributed by atoms with E-state index in [-0.39, 0.29) is 11.3 Å². The molecule has 2 atom stereocenters. The average molecular weight is 236 g/mol. The van der Waals surface area contributed by atoms with E-state index in [2.05, 4.69) is 0 Å². The van der Waals surface area contributed by atoms with Gasteiger partial charge >= 0.3 is 0 Å². The van der Waals surface area contributed by atoms with Gasteiger partial charge in [-0.15, -0.1) is 11.6 Å². The summed E-state index contributed by atoms with van der Waals surface area (Å²) in [5.74, 6) is 0.0305. The zero-order chi connectivity index (χ0) is 8.48. The van der Waals surface area contributed by atoms with Crippen molar-refractivity contribution in [3.63, 3.8) is 0 Å². The van der Waals surface area contributed by atoms with Crippen LogP contribution in [0.2, 0.25) is 0 Å². The van der Waals surface area contributed by atoms with E-state index in [0.29, 0.717) is 0 Å². The Balaban J connectivity index is 2.55. The lowest BCUT2D eigenvalue weighted by Gasteiger charge is -2.32. The Morgan fingerprint density at radius 3 is 1.91 bits per heavy atom. The third kappa shape index (κ3) is 2.84. The molecular weight excluding hydrogens is 226 g/mol. The summed E-state index contributed by atoms with van der Waals surface area (Å²) in [6, 6.07) is 0. The largest absolute Gasteiger partial charge is 0.194 e. The van der Waals surface area contributed by atoms with Gasteiger partial charge < -0.3 is 0 Å². The fraction of sp³-hybridized carbons (Fsp3) is 1.00. The molecule has 0 saturated heterocycles. The molecule has 66 valence electrons. The Morgan fingerprint density at radius 1 is 1.00 bits per heavy atom. The lowest BCUT2D eigenvalue weighted by molar-refractivity contribution is 0.370. The molecule has 0 nitrogen and oxygen atoms in total. The van der Waals surface area contributed by atoms with Crippen molar-refractivity contribution >= 4 is 46.4 Å². The quantitative estimate of drug-likeness (QED) is 0.554. The third-order valence-corrected chi connectivity index (χ3v) is 3.47. The number of alkyl halides is 4. The van der Waals surface area contributed by atoms with E-state index in [1.54, 1.807) is 0 Å². The van der Waals surface area contributed by atoms with E-state index in [9.17, 15) is 0 Å². The van der Waals surface area contributed by atoms with E-state index in [0.717, 1.165) is 25.7 Å². The molecule has 11 heavy (non-hydrogen) atoms. The van der Waals surface area contributed by atoms with Crippen LogP contribution >= 0.6 is 46.4 Å². The van der Waals surface area contributed by atoms with Gasteiger partial charge in [0.05, 0.1) is 0 Å². The minimum atomic E-state index is -1.17. The predicted molar refractivity (Wildman–Crippen MR) is 51.9 cm³/mol. The summed E-state index contributed by atoms with van der Waals surface area (Å²) in [6.07, 6.45) is 4.19. The van der Waals surface area contributed by atoms with Crippen LogP contribution in [0.5, 0.6) is 0 Å². The fourth-order valence-electron chi connectivity index (χ4n) is 1.45. The molecule has 1 aliphatic rings. The second-order valence-electron chi connectivity index (χ2n) is 2.95. The lowest BCUT2D eigenvalue weighted by Crippen LogP contribution is -2.31. The second kappa shape index (κ2) is 3.91. The average Bonchev–Trinajstić information content (AvgIpc) is 1.86. The molecule has 1 rings (SSSR count). The summed E-state index contributed by atoms with van der Waals surface area (Å²) in [7, 11) is 0. The normalized spacial score (nSPS) is 33.8. The fourth-order valence-corrected chi connectivity index (χ4v) is 2.90. The maximum absolute atomic E-state index is 6.01. The number of halogens is 4. The van der Waals surface area contributed by atoms with E-state index in [1.165, 1.54) is 0 Å². The lowest BCUT2D eigenvalue weighted by atomic mass is 9.90. The van der Waals surface area contributed by atoms with Crippen LogP contribution in [-0.4, -0.2) is 9.17 Å². The molecule has 1 fully saturated rings. The monoisotopic (exact) mass is 234 g/mol. The van der Waals surface area contributed by atoms with Crippen LogP contribution in [0, 0.1) is 5.92 Å². The summed E-state index contributed by atoms with van der Waals surface area (Å²) in [5.41, 5.74) is 0. The minimum absolute atomic E-state index is 0.0305. The Labute approximate surface area is 87.1 Å². The van der Waals surface area contributed by atoms with E-state index >= 15 is 0 Å².